The minimum atomic E-state index is -0.649. The van der Waals surface area contributed by atoms with E-state index in [2.05, 4.69) is 15.5 Å². The molecule has 0 fully saturated rings. The maximum absolute atomic E-state index is 12.0. The first-order chi connectivity index (χ1) is 8.59. The molecule has 6 heteroatoms. The summed E-state index contributed by atoms with van der Waals surface area (Å²) in [6.45, 7) is 1.83. The van der Waals surface area contributed by atoms with Crippen molar-refractivity contribution in [2.24, 2.45) is 5.73 Å². The summed E-state index contributed by atoms with van der Waals surface area (Å²) in [4.78, 5) is 23.1. The van der Waals surface area contributed by atoms with Gasteiger partial charge in [-0.3, -0.25) is 14.7 Å². The molecule has 0 spiro atoms. The highest BCUT2D eigenvalue weighted by Crippen LogP contribution is 2.13. The Hall–Kier alpha value is -2.63. The average Bonchev–Trinajstić information content (AvgIpc) is 2.77. The predicted molar refractivity (Wildman–Crippen MR) is 66.2 cm³/mol. The lowest BCUT2D eigenvalue weighted by Gasteiger charge is -2.06. The first-order valence-electron chi connectivity index (χ1n) is 5.29. The molecule has 92 valence electrons. The minimum Gasteiger partial charge on any atom is -0.365 e. The van der Waals surface area contributed by atoms with E-state index in [1.165, 1.54) is 6.20 Å². The molecule has 0 aliphatic rings. The van der Waals surface area contributed by atoms with Gasteiger partial charge in [-0.2, -0.15) is 5.10 Å². The van der Waals surface area contributed by atoms with E-state index in [0.717, 1.165) is 5.56 Å². The largest absolute Gasteiger partial charge is 0.365 e. The molecule has 4 N–H and O–H groups in total. The number of nitrogens with two attached hydrogens (primary N) is 1. The van der Waals surface area contributed by atoms with Gasteiger partial charge in [0, 0.05) is 5.56 Å². The molecule has 1 aromatic carbocycles. The molecule has 2 aromatic rings. The highest BCUT2D eigenvalue weighted by atomic mass is 16.2. The van der Waals surface area contributed by atoms with Gasteiger partial charge < -0.3 is 11.1 Å². The van der Waals surface area contributed by atoms with Crippen LogP contribution in [0.3, 0.4) is 0 Å². The molecule has 2 rings (SSSR count). The zero-order chi connectivity index (χ0) is 13.1. The number of primary amides is 1. The summed E-state index contributed by atoms with van der Waals surface area (Å²) >= 11 is 0. The minimum absolute atomic E-state index is 0.150. The number of H-pyrrole nitrogens is 1. The van der Waals surface area contributed by atoms with E-state index in [1.54, 1.807) is 12.1 Å². The third-order valence-corrected chi connectivity index (χ3v) is 2.53. The topological polar surface area (TPSA) is 101 Å². The van der Waals surface area contributed by atoms with Crippen LogP contribution in [0.4, 0.5) is 5.82 Å². The number of amides is 2. The van der Waals surface area contributed by atoms with E-state index in [9.17, 15) is 9.59 Å². The number of carbonyl (C=O) groups is 2. The van der Waals surface area contributed by atoms with Crippen molar-refractivity contribution in [3.05, 3.63) is 47.2 Å². The second kappa shape index (κ2) is 4.70. The van der Waals surface area contributed by atoms with Gasteiger partial charge >= 0.3 is 0 Å². The first-order valence-corrected chi connectivity index (χ1v) is 5.29. The number of hydrogen-bond acceptors (Lipinski definition) is 3. The van der Waals surface area contributed by atoms with Crippen molar-refractivity contribution in [3.63, 3.8) is 0 Å². The van der Waals surface area contributed by atoms with Crippen LogP contribution >= 0.6 is 0 Å². The Balaban J connectivity index is 2.25. The van der Waals surface area contributed by atoms with Crippen LogP contribution in [0.1, 0.15) is 26.3 Å². The molecule has 0 aliphatic heterocycles. The molecule has 0 atom stereocenters. The summed E-state index contributed by atoms with van der Waals surface area (Å²) in [5.41, 5.74) is 6.68. The summed E-state index contributed by atoms with van der Waals surface area (Å²) in [5, 5.41) is 8.77. The summed E-state index contributed by atoms with van der Waals surface area (Å²) in [5.74, 6) is -0.764. The number of nitrogens with one attached hydrogen (secondary N) is 2. The molecule has 0 saturated carbocycles. The maximum atomic E-state index is 12.0. The second-order valence-electron chi connectivity index (χ2n) is 3.79. The fourth-order valence-corrected chi connectivity index (χ4v) is 1.58. The van der Waals surface area contributed by atoms with E-state index < -0.39 is 5.91 Å². The SMILES string of the molecule is Cc1ccccc1C(=O)Nc1[nH]ncc1C(N)=O. The van der Waals surface area contributed by atoms with Crippen molar-refractivity contribution < 1.29 is 9.59 Å². The van der Waals surface area contributed by atoms with E-state index in [-0.39, 0.29) is 17.3 Å². The number of aromatic amines is 1. The maximum Gasteiger partial charge on any atom is 0.257 e. The highest BCUT2D eigenvalue weighted by Gasteiger charge is 2.15. The predicted octanol–water partition coefficient (Wildman–Crippen LogP) is 1.07. The lowest BCUT2D eigenvalue weighted by atomic mass is 10.1. The van der Waals surface area contributed by atoms with Gasteiger partial charge in [-0.25, -0.2) is 0 Å². The van der Waals surface area contributed by atoms with Crippen LogP contribution < -0.4 is 11.1 Å². The van der Waals surface area contributed by atoms with E-state index in [0.29, 0.717) is 5.56 Å². The quantitative estimate of drug-likeness (QED) is 0.752. The highest BCUT2D eigenvalue weighted by molar-refractivity contribution is 6.08. The molecule has 6 nitrogen and oxygen atoms in total. The molecule has 1 heterocycles. The number of carbonyl (C=O) groups excluding carboxylic acids is 2. The van der Waals surface area contributed by atoms with Crippen molar-refractivity contribution >= 4 is 17.6 Å². The second-order valence-corrected chi connectivity index (χ2v) is 3.79. The van der Waals surface area contributed by atoms with Crippen LogP contribution in [0.2, 0.25) is 0 Å². The number of nitrogens with zero attached hydrogens (tertiary/aromatic N) is 1. The van der Waals surface area contributed by atoms with Gasteiger partial charge in [0.15, 0.2) is 0 Å². The zero-order valence-electron chi connectivity index (χ0n) is 9.73. The smallest absolute Gasteiger partial charge is 0.257 e. The summed E-state index contributed by atoms with van der Waals surface area (Å²) in [6.07, 6.45) is 1.27. The monoisotopic (exact) mass is 244 g/mol. The number of aromatic nitrogens is 2. The Kier molecular flexibility index (Phi) is 3.09. The third kappa shape index (κ3) is 2.22. The number of rotatable bonds is 3. The van der Waals surface area contributed by atoms with Gasteiger partial charge in [-0.05, 0) is 18.6 Å². The Labute approximate surface area is 103 Å². The van der Waals surface area contributed by atoms with Crippen LogP contribution in [0, 0.1) is 6.92 Å². The number of hydrogen-bond donors (Lipinski definition) is 3. The van der Waals surface area contributed by atoms with Crippen LogP contribution in [0.25, 0.3) is 0 Å². The number of aryl methyl sites for hydroxylation is 1. The Morgan fingerprint density at radius 3 is 2.67 bits per heavy atom. The number of anilines is 1. The Morgan fingerprint density at radius 2 is 2.00 bits per heavy atom. The Morgan fingerprint density at radius 1 is 1.28 bits per heavy atom. The van der Waals surface area contributed by atoms with Crippen molar-refractivity contribution in [2.45, 2.75) is 6.92 Å². The lowest BCUT2D eigenvalue weighted by molar-refractivity contribution is 0.100. The lowest BCUT2D eigenvalue weighted by Crippen LogP contribution is -2.18. The molecule has 0 radical (unpaired) electrons. The molecule has 0 bridgehead atoms. The summed E-state index contributed by atoms with van der Waals surface area (Å²) in [6, 6.07) is 7.14. The van der Waals surface area contributed by atoms with E-state index in [4.69, 9.17) is 5.73 Å². The van der Waals surface area contributed by atoms with E-state index in [1.807, 2.05) is 19.1 Å². The van der Waals surface area contributed by atoms with Crippen molar-refractivity contribution in [1.82, 2.24) is 10.2 Å². The molecular weight excluding hydrogens is 232 g/mol. The molecule has 0 saturated heterocycles. The van der Waals surface area contributed by atoms with E-state index >= 15 is 0 Å². The first kappa shape index (κ1) is 11.8. The molecule has 1 aromatic heterocycles. The van der Waals surface area contributed by atoms with Crippen molar-refractivity contribution in [3.8, 4) is 0 Å². The molecule has 18 heavy (non-hydrogen) atoms. The zero-order valence-corrected chi connectivity index (χ0v) is 9.73. The van der Waals surface area contributed by atoms with Crippen molar-refractivity contribution in [1.29, 1.82) is 0 Å². The summed E-state index contributed by atoms with van der Waals surface area (Å²) in [7, 11) is 0. The fourth-order valence-electron chi connectivity index (χ4n) is 1.58. The van der Waals surface area contributed by atoms with Gasteiger partial charge in [-0.1, -0.05) is 18.2 Å². The van der Waals surface area contributed by atoms with Crippen LogP contribution in [0.15, 0.2) is 30.5 Å². The van der Waals surface area contributed by atoms with Crippen molar-refractivity contribution in [2.75, 3.05) is 5.32 Å². The van der Waals surface area contributed by atoms with Gasteiger partial charge in [-0.15, -0.1) is 0 Å². The van der Waals surface area contributed by atoms with Gasteiger partial charge in [0.05, 0.1) is 6.20 Å². The third-order valence-electron chi connectivity index (χ3n) is 2.53. The molecule has 0 aliphatic carbocycles. The average molecular weight is 244 g/mol. The fraction of sp³-hybridized carbons (Fsp3) is 0.0833. The number of benzene rings is 1. The summed E-state index contributed by atoms with van der Waals surface area (Å²) < 4.78 is 0. The molecule has 0 unspecified atom stereocenters. The normalized spacial score (nSPS) is 10.1. The van der Waals surface area contributed by atoms with Gasteiger partial charge in [0.25, 0.3) is 11.8 Å². The van der Waals surface area contributed by atoms with Crippen LogP contribution in [0.5, 0.6) is 0 Å². The molecular formula is C12H12N4O2. The van der Waals surface area contributed by atoms with Gasteiger partial charge in [0.1, 0.15) is 11.4 Å². The van der Waals surface area contributed by atoms with Crippen LogP contribution in [-0.2, 0) is 0 Å². The Bertz CT molecular complexity index is 604. The molecule has 2 amide bonds. The van der Waals surface area contributed by atoms with Gasteiger partial charge in [0.2, 0.25) is 0 Å². The standard InChI is InChI=1S/C12H12N4O2/c1-7-4-2-3-5-8(7)12(18)15-11-9(10(13)17)6-14-16-11/h2-6H,1H3,(H2,13,17)(H2,14,15,16,18). The van der Waals surface area contributed by atoms with Crippen LogP contribution in [-0.4, -0.2) is 22.0 Å².